The maximum atomic E-state index is 12.3. The minimum atomic E-state index is -3.28. The van der Waals surface area contributed by atoms with Crippen LogP contribution in [-0.4, -0.2) is 20.0 Å². The maximum absolute atomic E-state index is 12.3. The van der Waals surface area contributed by atoms with Crippen molar-refractivity contribution in [2.24, 2.45) is 11.8 Å². The molecule has 2 aliphatic carbocycles. The van der Waals surface area contributed by atoms with Crippen LogP contribution in [0.4, 0.5) is 5.69 Å². The van der Waals surface area contributed by atoms with Crippen LogP contribution in [0.1, 0.15) is 38.2 Å². The predicted octanol–water partition coefficient (Wildman–Crippen LogP) is 3.94. The molecule has 124 valence electrons. The smallest absolute Gasteiger partial charge is 0.232 e. The van der Waals surface area contributed by atoms with E-state index in [2.05, 4.69) is 20.7 Å². The van der Waals surface area contributed by atoms with Crippen LogP contribution in [0.2, 0.25) is 0 Å². The van der Waals surface area contributed by atoms with Crippen molar-refractivity contribution in [3.8, 4) is 0 Å². The summed E-state index contributed by atoms with van der Waals surface area (Å²) in [5.74, 6) is 0.765. The van der Waals surface area contributed by atoms with Gasteiger partial charge in [0.1, 0.15) is 0 Å². The number of halogens is 1. The second-order valence-electron chi connectivity index (χ2n) is 6.23. The number of nitrogens with one attached hydrogen (secondary N) is 1. The number of carbonyl (C=O) groups excluding carboxylic acids is 1. The Morgan fingerprint density at radius 3 is 2.48 bits per heavy atom. The predicted molar refractivity (Wildman–Crippen MR) is 95.8 cm³/mol. The number of sulfonamides is 1. The van der Waals surface area contributed by atoms with Gasteiger partial charge in [-0.1, -0.05) is 25.5 Å². The van der Waals surface area contributed by atoms with E-state index in [9.17, 15) is 13.2 Å². The van der Waals surface area contributed by atoms with Gasteiger partial charge < -0.3 is 0 Å². The molecule has 1 N–H and O–H groups in total. The highest BCUT2D eigenvalue weighted by Crippen LogP contribution is 2.51. The van der Waals surface area contributed by atoms with E-state index in [-0.39, 0.29) is 17.5 Å². The lowest BCUT2D eigenvalue weighted by Crippen LogP contribution is -2.16. The van der Waals surface area contributed by atoms with Crippen LogP contribution in [0.3, 0.4) is 0 Å². The number of allylic oxidation sites excluding steroid dienone is 2. The van der Waals surface area contributed by atoms with Gasteiger partial charge in [0.05, 0.1) is 10.2 Å². The SMILES string of the molecule is CCCS(=O)(=O)Nc1ccc(C2=C(Br)C(=O)C3CCCC23)cc1. The number of rotatable bonds is 5. The highest BCUT2D eigenvalue weighted by atomic mass is 79.9. The Balaban J connectivity index is 1.84. The van der Waals surface area contributed by atoms with E-state index in [1.54, 1.807) is 12.1 Å². The van der Waals surface area contributed by atoms with E-state index in [1.807, 2.05) is 19.1 Å². The van der Waals surface area contributed by atoms with Gasteiger partial charge in [0.15, 0.2) is 5.78 Å². The molecular formula is C17H20BrNO3S. The average molecular weight is 398 g/mol. The first-order valence-electron chi connectivity index (χ1n) is 7.97. The summed E-state index contributed by atoms with van der Waals surface area (Å²) in [5, 5.41) is 0. The van der Waals surface area contributed by atoms with Crippen LogP contribution in [-0.2, 0) is 14.8 Å². The molecule has 1 aromatic rings. The summed E-state index contributed by atoms with van der Waals surface area (Å²) in [5.41, 5.74) is 2.64. The molecule has 1 fully saturated rings. The minimum absolute atomic E-state index is 0.115. The second kappa shape index (κ2) is 6.40. The number of Topliss-reactive ketones (excluding diaryl/α,β-unsaturated/α-hetero) is 1. The van der Waals surface area contributed by atoms with Crippen molar-refractivity contribution in [2.75, 3.05) is 10.5 Å². The number of carbonyl (C=O) groups is 1. The lowest BCUT2D eigenvalue weighted by atomic mass is 9.90. The first-order chi connectivity index (χ1) is 10.9. The number of benzene rings is 1. The molecule has 0 saturated heterocycles. The molecule has 0 bridgehead atoms. The van der Waals surface area contributed by atoms with Crippen molar-refractivity contribution in [2.45, 2.75) is 32.6 Å². The van der Waals surface area contributed by atoms with E-state index >= 15 is 0 Å². The van der Waals surface area contributed by atoms with Crippen molar-refractivity contribution >= 4 is 43.0 Å². The summed E-state index contributed by atoms with van der Waals surface area (Å²) in [4.78, 5) is 12.3. The quantitative estimate of drug-likeness (QED) is 0.817. The highest BCUT2D eigenvalue weighted by molar-refractivity contribution is 9.12. The fourth-order valence-corrected chi connectivity index (χ4v) is 5.59. The second-order valence-corrected chi connectivity index (χ2v) is 8.87. The van der Waals surface area contributed by atoms with Crippen molar-refractivity contribution < 1.29 is 13.2 Å². The van der Waals surface area contributed by atoms with E-state index in [0.717, 1.165) is 30.4 Å². The number of anilines is 1. The zero-order chi connectivity index (χ0) is 16.6. The monoisotopic (exact) mass is 397 g/mol. The Kier molecular flexibility index (Phi) is 4.65. The fourth-order valence-electron chi connectivity index (χ4n) is 3.64. The zero-order valence-electron chi connectivity index (χ0n) is 13.0. The molecule has 2 unspecified atom stereocenters. The van der Waals surface area contributed by atoms with E-state index in [0.29, 0.717) is 22.5 Å². The number of hydrogen-bond acceptors (Lipinski definition) is 3. The largest absolute Gasteiger partial charge is 0.293 e. The van der Waals surface area contributed by atoms with Gasteiger partial charge in [-0.05, 0) is 64.4 Å². The van der Waals surface area contributed by atoms with Crippen molar-refractivity contribution in [1.82, 2.24) is 0 Å². The van der Waals surface area contributed by atoms with Crippen LogP contribution >= 0.6 is 15.9 Å². The Bertz CT molecular complexity index is 753. The maximum Gasteiger partial charge on any atom is 0.232 e. The highest BCUT2D eigenvalue weighted by Gasteiger charge is 2.43. The lowest BCUT2D eigenvalue weighted by molar-refractivity contribution is -0.118. The third-order valence-corrected chi connectivity index (χ3v) is 6.93. The van der Waals surface area contributed by atoms with Gasteiger partial charge in [-0.2, -0.15) is 0 Å². The zero-order valence-corrected chi connectivity index (χ0v) is 15.4. The van der Waals surface area contributed by atoms with Crippen LogP contribution < -0.4 is 4.72 Å². The van der Waals surface area contributed by atoms with Crippen LogP contribution in [0, 0.1) is 11.8 Å². The molecule has 0 spiro atoms. The van der Waals surface area contributed by atoms with E-state index in [4.69, 9.17) is 0 Å². The van der Waals surface area contributed by atoms with Crippen molar-refractivity contribution in [3.05, 3.63) is 34.3 Å². The van der Waals surface area contributed by atoms with Gasteiger partial charge in [0, 0.05) is 11.6 Å². The summed E-state index contributed by atoms with van der Waals surface area (Å²) < 4.78 is 26.9. The molecular weight excluding hydrogens is 378 g/mol. The third kappa shape index (κ3) is 3.24. The molecule has 23 heavy (non-hydrogen) atoms. The average Bonchev–Trinajstić information content (AvgIpc) is 3.04. The lowest BCUT2D eigenvalue weighted by Gasteiger charge is -2.14. The Morgan fingerprint density at radius 2 is 1.83 bits per heavy atom. The molecule has 6 heteroatoms. The molecule has 4 nitrogen and oxygen atoms in total. The Labute approximate surface area is 145 Å². The van der Waals surface area contributed by atoms with Gasteiger partial charge in [-0.15, -0.1) is 0 Å². The molecule has 0 aromatic heterocycles. The summed E-state index contributed by atoms with van der Waals surface area (Å²) >= 11 is 3.47. The topological polar surface area (TPSA) is 63.2 Å². The summed E-state index contributed by atoms with van der Waals surface area (Å²) in [6.07, 6.45) is 3.70. The summed E-state index contributed by atoms with van der Waals surface area (Å²) in [7, 11) is -3.28. The van der Waals surface area contributed by atoms with E-state index < -0.39 is 10.0 Å². The molecule has 3 rings (SSSR count). The molecule has 1 saturated carbocycles. The first kappa shape index (κ1) is 16.7. The number of ketones is 1. The number of fused-ring (bicyclic) bond motifs is 1. The standard InChI is InChI=1S/C17H20BrNO3S/c1-2-10-23(21,22)19-12-8-6-11(7-9-12)15-13-4-3-5-14(13)17(20)16(15)18/h6-9,13-14,19H,2-5,10H2,1H3. The van der Waals surface area contributed by atoms with Crippen molar-refractivity contribution in [3.63, 3.8) is 0 Å². The molecule has 2 aliphatic rings. The Hall–Kier alpha value is -1.14. The van der Waals surface area contributed by atoms with Gasteiger partial charge in [-0.3, -0.25) is 9.52 Å². The van der Waals surface area contributed by atoms with Crippen LogP contribution in [0.25, 0.3) is 5.57 Å². The van der Waals surface area contributed by atoms with Gasteiger partial charge in [0.25, 0.3) is 0 Å². The molecule has 2 atom stereocenters. The molecule has 0 heterocycles. The van der Waals surface area contributed by atoms with Gasteiger partial charge >= 0.3 is 0 Å². The first-order valence-corrected chi connectivity index (χ1v) is 10.4. The summed E-state index contributed by atoms with van der Waals surface area (Å²) in [6.45, 7) is 1.83. The Morgan fingerprint density at radius 1 is 1.17 bits per heavy atom. The summed E-state index contributed by atoms with van der Waals surface area (Å²) in [6, 6.07) is 7.33. The van der Waals surface area contributed by atoms with Crippen LogP contribution in [0.5, 0.6) is 0 Å². The molecule has 1 aromatic carbocycles. The van der Waals surface area contributed by atoms with Crippen LogP contribution in [0.15, 0.2) is 28.7 Å². The number of hydrogen-bond donors (Lipinski definition) is 1. The van der Waals surface area contributed by atoms with Gasteiger partial charge in [-0.25, -0.2) is 8.42 Å². The van der Waals surface area contributed by atoms with Gasteiger partial charge in [0.2, 0.25) is 10.0 Å². The fraction of sp³-hybridized carbons (Fsp3) is 0.471. The molecule has 0 radical (unpaired) electrons. The normalized spacial score (nSPS) is 24.2. The molecule has 0 amide bonds. The molecule has 0 aliphatic heterocycles. The third-order valence-electron chi connectivity index (χ3n) is 4.62. The van der Waals surface area contributed by atoms with E-state index in [1.165, 1.54) is 0 Å². The van der Waals surface area contributed by atoms with Crippen molar-refractivity contribution in [1.29, 1.82) is 0 Å². The minimum Gasteiger partial charge on any atom is -0.293 e.